The van der Waals surface area contributed by atoms with Crippen LogP contribution in [0.5, 0.6) is 5.75 Å². The average Bonchev–Trinajstić information content (AvgIpc) is 3.41. The van der Waals surface area contributed by atoms with Crippen LogP contribution in [0.3, 0.4) is 0 Å². The molecule has 2 aromatic heterocycles. The van der Waals surface area contributed by atoms with Crippen molar-refractivity contribution in [2.24, 2.45) is 0 Å². The first kappa shape index (κ1) is 24.7. The fourth-order valence-corrected chi connectivity index (χ4v) is 4.31. The lowest BCUT2D eigenvalue weighted by Crippen LogP contribution is -2.19. The summed E-state index contributed by atoms with van der Waals surface area (Å²) < 4.78 is 19.2. The number of anilines is 2. The minimum Gasteiger partial charge on any atom is -0.487 e. The van der Waals surface area contributed by atoms with Gasteiger partial charge in [-0.15, -0.1) is 0 Å². The molecular formula is C29H25ClFN5O. The van der Waals surface area contributed by atoms with E-state index in [9.17, 15) is 4.39 Å². The van der Waals surface area contributed by atoms with Gasteiger partial charge in [-0.1, -0.05) is 35.7 Å². The van der Waals surface area contributed by atoms with Crippen LogP contribution in [0.2, 0.25) is 5.02 Å². The van der Waals surface area contributed by atoms with Gasteiger partial charge in [-0.2, -0.15) is 0 Å². The predicted molar refractivity (Wildman–Crippen MR) is 142 cm³/mol. The van der Waals surface area contributed by atoms with E-state index in [-0.39, 0.29) is 12.4 Å². The van der Waals surface area contributed by atoms with Gasteiger partial charge in [0.25, 0.3) is 0 Å². The van der Waals surface area contributed by atoms with Gasteiger partial charge < -0.3 is 10.1 Å². The molecule has 0 radical (unpaired) electrons. The lowest BCUT2D eigenvalue weighted by atomic mass is 10.2. The van der Waals surface area contributed by atoms with Crippen LogP contribution in [0.4, 0.5) is 15.9 Å². The van der Waals surface area contributed by atoms with Crippen LogP contribution in [-0.2, 0) is 13.2 Å². The van der Waals surface area contributed by atoms with Gasteiger partial charge in [-0.3, -0.25) is 4.90 Å². The number of ether oxygens (including phenoxy) is 1. The number of aromatic nitrogens is 3. The van der Waals surface area contributed by atoms with Crippen molar-refractivity contribution >= 4 is 23.1 Å². The Kier molecular flexibility index (Phi) is 7.90. The Morgan fingerprint density at radius 1 is 1.03 bits per heavy atom. The van der Waals surface area contributed by atoms with Crippen molar-refractivity contribution in [3.63, 3.8) is 0 Å². The number of hydrogen-bond donors (Lipinski definition) is 1. The zero-order chi connectivity index (χ0) is 25.5. The number of halogens is 2. The van der Waals surface area contributed by atoms with E-state index in [1.54, 1.807) is 30.5 Å². The molecule has 1 fully saturated rings. The molecule has 0 amide bonds. The first-order valence-corrected chi connectivity index (χ1v) is 12.4. The highest BCUT2D eigenvalue weighted by Crippen LogP contribution is 2.30. The fraction of sp³-hybridized carbons (Fsp3) is 0.207. The van der Waals surface area contributed by atoms with E-state index in [4.69, 9.17) is 21.3 Å². The summed E-state index contributed by atoms with van der Waals surface area (Å²) >= 11 is 6.44. The number of rotatable bonds is 7. The molecule has 5 rings (SSSR count). The Hall–Kier alpha value is -3.99. The summed E-state index contributed by atoms with van der Waals surface area (Å²) in [5.41, 5.74) is 3.80. The van der Waals surface area contributed by atoms with E-state index >= 15 is 0 Å². The Labute approximate surface area is 220 Å². The molecule has 2 aromatic carbocycles. The molecule has 0 aliphatic carbocycles. The topological polar surface area (TPSA) is 63.2 Å². The van der Waals surface area contributed by atoms with Gasteiger partial charge in [0.05, 0.1) is 16.3 Å². The quantitative estimate of drug-likeness (QED) is 0.307. The molecule has 1 aliphatic heterocycles. The predicted octanol–water partition coefficient (Wildman–Crippen LogP) is 5.98. The summed E-state index contributed by atoms with van der Waals surface area (Å²) in [7, 11) is 0. The zero-order valence-corrected chi connectivity index (χ0v) is 20.9. The minimum atomic E-state index is -0.305. The lowest BCUT2D eigenvalue weighted by molar-refractivity contribution is 0.306. The Balaban J connectivity index is 1.27. The summed E-state index contributed by atoms with van der Waals surface area (Å²) in [6.07, 6.45) is 5.62. The highest BCUT2D eigenvalue weighted by molar-refractivity contribution is 6.32. The molecule has 0 bridgehead atoms. The van der Waals surface area contributed by atoms with Gasteiger partial charge in [0, 0.05) is 18.4 Å². The molecule has 1 N–H and O–H groups in total. The van der Waals surface area contributed by atoms with Gasteiger partial charge in [-0.25, -0.2) is 19.3 Å². The Morgan fingerprint density at radius 2 is 1.89 bits per heavy atom. The highest BCUT2D eigenvalue weighted by Gasteiger charge is 2.12. The second kappa shape index (κ2) is 11.8. The number of nitrogens with one attached hydrogen (secondary N) is 1. The summed E-state index contributed by atoms with van der Waals surface area (Å²) in [5, 5.41) is 3.67. The normalized spacial score (nSPS) is 13.1. The number of benzene rings is 2. The van der Waals surface area contributed by atoms with Crippen LogP contribution in [0.15, 0.2) is 73.2 Å². The average molecular weight is 514 g/mol. The van der Waals surface area contributed by atoms with E-state index in [1.807, 2.05) is 24.3 Å². The number of hydrogen-bond acceptors (Lipinski definition) is 6. The van der Waals surface area contributed by atoms with E-state index in [2.05, 4.69) is 32.0 Å². The van der Waals surface area contributed by atoms with Crippen LogP contribution in [0.25, 0.3) is 0 Å². The van der Waals surface area contributed by atoms with Gasteiger partial charge in [0.15, 0.2) is 0 Å². The third kappa shape index (κ3) is 6.82. The molecule has 4 aromatic rings. The maximum atomic E-state index is 13.4. The fourth-order valence-electron chi connectivity index (χ4n) is 4.08. The molecule has 8 heteroatoms. The molecule has 3 heterocycles. The number of nitrogens with zero attached hydrogens (tertiary/aromatic N) is 4. The highest BCUT2D eigenvalue weighted by atomic mass is 35.5. The standard InChI is InChI=1S/C29H25ClFN5O/c30-27-16-25(11-12-28(27)37-19-21-5-3-6-23(31)15-21)35-29-22(17-32-20-33-29)9-10-24-7-4-8-26(34-24)18-36-13-1-2-14-36/h3-8,11-12,15-17,20H,1-2,13-14,18-19H2,(H,32,33,35). The van der Waals surface area contributed by atoms with Gasteiger partial charge in [0.2, 0.25) is 0 Å². The van der Waals surface area contributed by atoms with E-state index in [0.717, 1.165) is 36.6 Å². The molecule has 37 heavy (non-hydrogen) atoms. The number of likely N-dealkylation sites (tertiary alicyclic amines) is 1. The van der Waals surface area contributed by atoms with Crippen molar-refractivity contribution in [1.29, 1.82) is 0 Å². The molecule has 186 valence electrons. The number of pyridine rings is 1. The van der Waals surface area contributed by atoms with Crippen LogP contribution < -0.4 is 10.1 Å². The Bertz CT molecular complexity index is 1450. The molecular weight excluding hydrogens is 489 g/mol. The maximum Gasteiger partial charge on any atom is 0.149 e. The third-order valence-electron chi connectivity index (χ3n) is 5.91. The monoisotopic (exact) mass is 513 g/mol. The second-order valence-electron chi connectivity index (χ2n) is 8.72. The first-order valence-electron chi connectivity index (χ1n) is 12.1. The van der Waals surface area contributed by atoms with Crippen molar-refractivity contribution < 1.29 is 9.13 Å². The SMILES string of the molecule is Fc1cccc(COc2ccc(Nc3ncncc3C#Cc3cccc(CN4CCCC4)n3)cc2Cl)c1. The van der Waals surface area contributed by atoms with Crippen LogP contribution >= 0.6 is 11.6 Å². The van der Waals surface area contributed by atoms with Crippen molar-refractivity contribution in [2.75, 3.05) is 18.4 Å². The molecule has 0 unspecified atom stereocenters. The summed E-state index contributed by atoms with van der Waals surface area (Å²) in [6, 6.07) is 17.5. The van der Waals surface area contributed by atoms with Crippen LogP contribution in [0.1, 0.15) is 35.4 Å². The molecule has 1 saturated heterocycles. The summed E-state index contributed by atoms with van der Waals surface area (Å²) in [6.45, 7) is 3.30. The molecule has 6 nitrogen and oxygen atoms in total. The van der Waals surface area contributed by atoms with Crippen LogP contribution in [-0.4, -0.2) is 32.9 Å². The van der Waals surface area contributed by atoms with Gasteiger partial charge in [-0.05, 0) is 79.9 Å². The molecule has 0 saturated carbocycles. The molecule has 0 spiro atoms. The van der Waals surface area contributed by atoms with Gasteiger partial charge in [0.1, 0.15) is 36.0 Å². The second-order valence-corrected chi connectivity index (χ2v) is 9.13. The summed E-state index contributed by atoms with van der Waals surface area (Å²) in [5.74, 6) is 7.02. The van der Waals surface area contributed by atoms with E-state index in [0.29, 0.717) is 27.8 Å². The summed E-state index contributed by atoms with van der Waals surface area (Å²) in [4.78, 5) is 15.6. The minimum absolute atomic E-state index is 0.211. The lowest BCUT2D eigenvalue weighted by Gasteiger charge is -2.13. The van der Waals surface area contributed by atoms with E-state index in [1.165, 1.54) is 31.3 Å². The van der Waals surface area contributed by atoms with Crippen molar-refractivity contribution in [3.8, 4) is 17.6 Å². The van der Waals surface area contributed by atoms with Gasteiger partial charge >= 0.3 is 0 Å². The first-order chi connectivity index (χ1) is 18.1. The molecule has 1 aliphatic rings. The van der Waals surface area contributed by atoms with Crippen molar-refractivity contribution in [3.05, 3.63) is 107 Å². The molecule has 0 atom stereocenters. The van der Waals surface area contributed by atoms with Crippen molar-refractivity contribution in [1.82, 2.24) is 19.9 Å². The maximum absolute atomic E-state index is 13.4. The Morgan fingerprint density at radius 3 is 2.73 bits per heavy atom. The van der Waals surface area contributed by atoms with Crippen molar-refractivity contribution in [2.45, 2.75) is 26.0 Å². The van der Waals surface area contributed by atoms with Crippen LogP contribution in [0, 0.1) is 17.7 Å². The third-order valence-corrected chi connectivity index (χ3v) is 6.20. The largest absolute Gasteiger partial charge is 0.487 e. The smallest absolute Gasteiger partial charge is 0.149 e. The zero-order valence-electron chi connectivity index (χ0n) is 20.1. The van der Waals surface area contributed by atoms with E-state index < -0.39 is 0 Å².